The molecule has 5 heteroatoms. The van der Waals surface area contributed by atoms with Crippen molar-refractivity contribution in [3.05, 3.63) is 106 Å². The van der Waals surface area contributed by atoms with Crippen LogP contribution in [-0.2, 0) is 28.0 Å². The number of benzene rings is 3. The van der Waals surface area contributed by atoms with Crippen molar-refractivity contribution in [2.75, 3.05) is 0 Å². The Morgan fingerprint density at radius 2 is 1.69 bits per heavy atom. The third-order valence-corrected chi connectivity index (χ3v) is 7.00. The highest BCUT2D eigenvalue weighted by molar-refractivity contribution is 6.46. The Morgan fingerprint density at radius 1 is 1.00 bits per heavy atom. The van der Waals surface area contributed by atoms with E-state index in [4.69, 9.17) is 4.74 Å². The minimum atomic E-state index is -0.692. The number of fused-ring (bicyclic) bond motifs is 1. The number of aliphatic hydroxyl groups excluding tert-OH is 1. The Morgan fingerprint density at radius 3 is 2.36 bits per heavy atom. The second-order valence-electron chi connectivity index (χ2n) is 10.7. The van der Waals surface area contributed by atoms with Crippen LogP contribution in [0.5, 0.6) is 5.75 Å². The molecule has 0 spiro atoms. The van der Waals surface area contributed by atoms with Crippen LogP contribution in [0.1, 0.15) is 61.6 Å². The molecule has 5 nitrogen and oxygen atoms in total. The summed E-state index contributed by atoms with van der Waals surface area (Å²) in [7, 11) is 0. The van der Waals surface area contributed by atoms with Crippen LogP contribution < -0.4 is 4.74 Å². The van der Waals surface area contributed by atoms with Gasteiger partial charge in [0.25, 0.3) is 11.7 Å². The number of amides is 1. The van der Waals surface area contributed by atoms with Gasteiger partial charge in [-0.25, -0.2) is 0 Å². The maximum atomic E-state index is 13.4. The molecule has 0 aliphatic carbocycles. The lowest BCUT2D eigenvalue weighted by Crippen LogP contribution is -2.29. The number of Topliss-reactive ketones (excluding diaryl/α,β-unsaturated/α-hetero) is 1. The van der Waals surface area contributed by atoms with Crippen molar-refractivity contribution in [2.24, 2.45) is 0 Å². The Kier molecular flexibility index (Phi) is 5.95. The third-order valence-electron chi connectivity index (χ3n) is 7.00. The van der Waals surface area contributed by atoms with Gasteiger partial charge >= 0.3 is 0 Å². The van der Waals surface area contributed by atoms with Crippen molar-refractivity contribution < 1.29 is 19.4 Å². The highest BCUT2D eigenvalue weighted by Crippen LogP contribution is 2.41. The fourth-order valence-corrected chi connectivity index (χ4v) is 5.06. The summed E-state index contributed by atoms with van der Waals surface area (Å²) in [4.78, 5) is 28.3. The average Bonchev–Trinajstić information content (AvgIpc) is 3.35. The molecule has 0 radical (unpaired) electrons. The molecular weight excluding hydrogens is 450 g/mol. The molecule has 1 saturated heterocycles. The predicted molar refractivity (Wildman–Crippen MR) is 140 cm³/mol. The van der Waals surface area contributed by atoms with Gasteiger partial charge in [0.15, 0.2) is 0 Å². The SMILES string of the molecule is C[C@@H]1Cc2cc(/C(O)=C3\C(=O)C(=O)N(Cc4ccccc4)[C@H]3c3ccc(C(C)(C)C)cc3)ccc2O1. The third kappa shape index (κ3) is 4.30. The fraction of sp³-hybridized carbons (Fsp3) is 0.290. The zero-order chi connectivity index (χ0) is 25.6. The standard InChI is InChI=1S/C31H31NO4/c1-19-16-23-17-22(12-15-25(23)36-19)28(33)26-27(21-10-13-24(14-11-21)31(2,3)4)32(30(35)29(26)34)18-20-8-6-5-7-9-20/h5-15,17,19,27,33H,16,18H2,1-4H3/b28-26+/t19-,27+/m1/s1. The zero-order valence-electron chi connectivity index (χ0n) is 21.1. The summed E-state index contributed by atoms with van der Waals surface area (Å²) >= 11 is 0. The van der Waals surface area contributed by atoms with E-state index in [1.165, 1.54) is 0 Å². The molecule has 2 aliphatic heterocycles. The summed E-state index contributed by atoms with van der Waals surface area (Å²) in [5, 5.41) is 11.4. The van der Waals surface area contributed by atoms with Gasteiger partial charge in [-0.1, -0.05) is 75.4 Å². The molecule has 2 aliphatic rings. The van der Waals surface area contributed by atoms with Crippen molar-refractivity contribution in [1.82, 2.24) is 4.90 Å². The number of nitrogens with zero attached hydrogens (tertiary/aromatic N) is 1. The van der Waals surface area contributed by atoms with E-state index in [-0.39, 0.29) is 29.4 Å². The molecule has 5 rings (SSSR count). The lowest BCUT2D eigenvalue weighted by atomic mass is 9.85. The van der Waals surface area contributed by atoms with Crippen LogP contribution in [-0.4, -0.2) is 27.8 Å². The van der Waals surface area contributed by atoms with E-state index < -0.39 is 17.7 Å². The molecule has 36 heavy (non-hydrogen) atoms. The highest BCUT2D eigenvalue weighted by Gasteiger charge is 2.46. The van der Waals surface area contributed by atoms with Crippen molar-refractivity contribution in [3.8, 4) is 5.75 Å². The van der Waals surface area contributed by atoms with Crippen LogP contribution in [0.25, 0.3) is 5.76 Å². The van der Waals surface area contributed by atoms with Gasteiger partial charge in [0.05, 0.1) is 11.6 Å². The van der Waals surface area contributed by atoms with E-state index >= 15 is 0 Å². The van der Waals surface area contributed by atoms with Crippen molar-refractivity contribution in [1.29, 1.82) is 0 Å². The van der Waals surface area contributed by atoms with Crippen LogP contribution in [0, 0.1) is 0 Å². The highest BCUT2D eigenvalue weighted by atomic mass is 16.5. The predicted octanol–water partition coefficient (Wildman–Crippen LogP) is 5.93. The summed E-state index contributed by atoms with van der Waals surface area (Å²) in [5.74, 6) is -0.643. The molecule has 2 heterocycles. The van der Waals surface area contributed by atoms with Gasteiger partial charge in [-0.15, -0.1) is 0 Å². The molecule has 0 saturated carbocycles. The number of likely N-dealkylation sites (tertiary alicyclic amines) is 1. The number of rotatable bonds is 4. The molecule has 0 aromatic heterocycles. The van der Waals surface area contributed by atoms with Crippen LogP contribution in [0.2, 0.25) is 0 Å². The quantitative estimate of drug-likeness (QED) is 0.285. The average molecular weight is 482 g/mol. The van der Waals surface area contributed by atoms with Crippen molar-refractivity contribution in [3.63, 3.8) is 0 Å². The number of aliphatic hydroxyl groups is 1. The molecule has 3 aromatic carbocycles. The Labute approximate surface area is 212 Å². The minimum absolute atomic E-state index is 0.0337. The second kappa shape index (κ2) is 8.98. The fourth-order valence-electron chi connectivity index (χ4n) is 5.06. The number of hydrogen-bond acceptors (Lipinski definition) is 4. The van der Waals surface area contributed by atoms with Crippen LogP contribution >= 0.6 is 0 Å². The van der Waals surface area contributed by atoms with Crippen LogP contribution in [0.15, 0.2) is 78.4 Å². The van der Waals surface area contributed by atoms with E-state index in [2.05, 4.69) is 20.8 Å². The Balaban J connectivity index is 1.62. The summed E-state index contributed by atoms with van der Waals surface area (Å²) in [6, 6.07) is 22.3. The van der Waals surface area contributed by atoms with E-state index in [0.29, 0.717) is 5.56 Å². The molecule has 3 aromatic rings. The summed E-state index contributed by atoms with van der Waals surface area (Å²) in [5.41, 5.74) is 4.44. The first-order valence-corrected chi connectivity index (χ1v) is 12.4. The summed E-state index contributed by atoms with van der Waals surface area (Å²) in [6.45, 7) is 8.69. The number of hydrogen-bond donors (Lipinski definition) is 1. The number of ether oxygens (including phenoxy) is 1. The number of ketones is 1. The van der Waals surface area contributed by atoms with Gasteiger partial charge in [-0.05, 0) is 52.8 Å². The van der Waals surface area contributed by atoms with Gasteiger partial charge < -0.3 is 14.7 Å². The molecule has 2 atom stereocenters. The first kappa shape index (κ1) is 23.9. The normalized spacial score (nSPS) is 20.9. The van der Waals surface area contributed by atoms with Crippen molar-refractivity contribution >= 4 is 17.4 Å². The van der Waals surface area contributed by atoms with E-state index in [0.717, 1.165) is 34.4 Å². The largest absolute Gasteiger partial charge is 0.507 e. The smallest absolute Gasteiger partial charge is 0.295 e. The van der Waals surface area contributed by atoms with E-state index in [9.17, 15) is 14.7 Å². The monoisotopic (exact) mass is 481 g/mol. The molecule has 1 fully saturated rings. The molecule has 1 N–H and O–H groups in total. The number of carbonyl (C=O) groups is 2. The number of carbonyl (C=O) groups excluding carboxylic acids is 2. The molecule has 0 bridgehead atoms. The Bertz CT molecular complexity index is 1350. The zero-order valence-corrected chi connectivity index (χ0v) is 21.1. The van der Waals surface area contributed by atoms with Gasteiger partial charge in [-0.3, -0.25) is 9.59 Å². The molecule has 1 amide bonds. The van der Waals surface area contributed by atoms with Crippen molar-refractivity contribution in [2.45, 2.75) is 58.2 Å². The molecule has 184 valence electrons. The maximum Gasteiger partial charge on any atom is 0.295 e. The topological polar surface area (TPSA) is 66.8 Å². The van der Waals surface area contributed by atoms with Gasteiger partial charge in [0.2, 0.25) is 0 Å². The molecular formula is C31H31NO4. The van der Waals surface area contributed by atoms with E-state index in [1.807, 2.05) is 73.7 Å². The summed E-state index contributed by atoms with van der Waals surface area (Å²) in [6.07, 6.45) is 0.798. The van der Waals surface area contributed by atoms with Gasteiger partial charge in [-0.2, -0.15) is 0 Å². The van der Waals surface area contributed by atoms with Crippen LogP contribution in [0.3, 0.4) is 0 Å². The lowest BCUT2D eigenvalue weighted by Gasteiger charge is -2.26. The van der Waals surface area contributed by atoms with Gasteiger partial charge in [0.1, 0.15) is 17.6 Å². The second-order valence-corrected chi connectivity index (χ2v) is 10.7. The molecule has 0 unspecified atom stereocenters. The lowest BCUT2D eigenvalue weighted by molar-refractivity contribution is -0.140. The first-order chi connectivity index (χ1) is 17.1. The summed E-state index contributed by atoms with van der Waals surface area (Å²) < 4.78 is 5.79. The Hall–Kier alpha value is -3.86. The van der Waals surface area contributed by atoms with Gasteiger partial charge in [0, 0.05) is 18.5 Å². The maximum absolute atomic E-state index is 13.4. The first-order valence-electron chi connectivity index (χ1n) is 12.4. The van der Waals surface area contributed by atoms with Crippen LogP contribution in [0.4, 0.5) is 0 Å². The minimum Gasteiger partial charge on any atom is -0.507 e. The van der Waals surface area contributed by atoms with E-state index in [1.54, 1.807) is 11.0 Å².